The van der Waals surface area contributed by atoms with E-state index in [0.29, 0.717) is 18.8 Å². The summed E-state index contributed by atoms with van der Waals surface area (Å²) in [6.07, 6.45) is 1.54. The summed E-state index contributed by atoms with van der Waals surface area (Å²) in [4.78, 5) is 25.4. The lowest BCUT2D eigenvalue weighted by Crippen LogP contribution is -2.45. The second kappa shape index (κ2) is 5.95. The molecule has 3 N–H and O–H groups in total. The Kier molecular flexibility index (Phi) is 3.98. The van der Waals surface area contributed by atoms with Crippen molar-refractivity contribution in [2.75, 3.05) is 18.4 Å². The summed E-state index contributed by atoms with van der Waals surface area (Å²) in [6.45, 7) is 4.94. The lowest BCUT2D eigenvalue weighted by atomic mass is 9.98. The van der Waals surface area contributed by atoms with Crippen LogP contribution in [0.15, 0.2) is 22.6 Å². The van der Waals surface area contributed by atoms with Gasteiger partial charge in [0.15, 0.2) is 0 Å². The summed E-state index contributed by atoms with van der Waals surface area (Å²) >= 11 is 0. The van der Waals surface area contributed by atoms with E-state index in [1.807, 2.05) is 32.0 Å². The van der Waals surface area contributed by atoms with E-state index in [1.54, 1.807) is 4.90 Å². The van der Waals surface area contributed by atoms with Crippen molar-refractivity contribution in [3.63, 3.8) is 0 Å². The van der Waals surface area contributed by atoms with Gasteiger partial charge >= 0.3 is 6.03 Å². The number of nitrogens with zero attached hydrogens (tertiary/aromatic N) is 1. The SMILES string of the molecule is Cc1oc2ccc(NC(=O)N3CCCC(C(N)=O)C3)cc2c1C. The van der Waals surface area contributed by atoms with Crippen LogP contribution in [0.3, 0.4) is 0 Å². The molecule has 3 amide bonds. The molecule has 1 aromatic heterocycles. The van der Waals surface area contributed by atoms with Crippen molar-refractivity contribution in [2.24, 2.45) is 11.7 Å². The number of nitrogens with two attached hydrogens (primary N) is 1. The summed E-state index contributed by atoms with van der Waals surface area (Å²) in [5.41, 5.74) is 7.95. The monoisotopic (exact) mass is 315 g/mol. The number of hydrogen-bond donors (Lipinski definition) is 2. The Balaban J connectivity index is 1.74. The Morgan fingerprint density at radius 1 is 1.35 bits per heavy atom. The van der Waals surface area contributed by atoms with Gasteiger partial charge < -0.3 is 20.4 Å². The number of benzene rings is 1. The van der Waals surface area contributed by atoms with Gasteiger partial charge in [0.2, 0.25) is 5.91 Å². The van der Waals surface area contributed by atoms with Gasteiger partial charge in [-0.3, -0.25) is 4.79 Å². The lowest BCUT2D eigenvalue weighted by molar-refractivity contribution is -0.123. The smallest absolute Gasteiger partial charge is 0.321 e. The number of piperidine rings is 1. The Hall–Kier alpha value is -2.50. The molecular weight excluding hydrogens is 294 g/mol. The number of furan rings is 1. The number of anilines is 1. The van der Waals surface area contributed by atoms with Gasteiger partial charge in [0.25, 0.3) is 0 Å². The Morgan fingerprint density at radius 2 is 2.13 bits per heavy atom. The molecule has 1 saturated heterocycles. The van der Waals surface area contributed by atoms with Crippen LogP contribution in [0.4, 0.5) is 10.5 Å². The fraction of sp³-hybridized carbons (Fsp3) is 0.412. The maximum absolute atomic E-state index is 12.4. The molecular formula is C17H21N3O3. The van der Waals surface area contributed by atoms with Crippen molar-refractivity contribution < 1.29 is 14.0 Å². The van der Waals surface area contributed by atoms with Gasteiger partial charge in [-0.2, -0.15) is 0 Å². The molecule has 0 bridgehead atoms. The highest BCUT2D eigenvalue weighted by molar-refractivity contribution is 5.93. The summed E-state index contributed by atoms with van der Waals surface area (Å²) in [5.74, 6) is 0.285. The van der Waals surface area contributed by atoms with Crippen molar-refractivity contribution in [3.8, 4) is 0 Å². The average molecular weight is 315 g/mol. The first kappa shape index (κ1) is 15.4. The first-order chi connectivity index (χ1) is 11.0. The van der Waals surface area contributed by atoms with Gasteiger partial charge in [-0.1, -0.05) is 0 Å². The molecule has 2 aromatic rings. The predicted octanol–water partition coefficient (Wildman–Crippen LogP) is 2.78. The molecule has 6 heteroatoms. The summed E-state index contributed by atoms with van der Waals surface area (Å²) in [5, 5.41) is 3.89. The Labute approximate surface area is 134 Å². The minimum Gasteiger partial charge on any atom is -0.461 e. The number of nitrogens with one attached hydrogen (secondary N) is 1. The highest BCUT2D eigenvalue weighted by Crippen LogP contribution is 2.27. The van der Waals surface area contributed by atoms with Crippen molar-refractivity contribution in [1.82, 2.24) is 4.90 Å². The van der Waals surface area contributed by atoms with Crippen LogP contribution in [0, 0.1) is 19.8 Å². The van der Waals surface area contributed by atoms with Gasteiger partial charge in [0.05, 0.1) is 5.92 Å². The van der Waals surface area contributed by atoms with E-state index in [1.165, 1.54) is 0 Å². The molecule has 0 radical (unpaired) electrons. The molecule has 1 fully saturated rings. The second-order valence-electron chi connectivity index (χ2n) is 6.11. The van der Waals surface area contributed by atoms with Crippen LogP contribution in [0.1, 0.15) is 24.2 Å². The molecule has 0 spiro atoms. The zero-order chi connectivity index (χ0) is 16.6. The van der Waals surface area contributed by atoms with E-state index in [-0.39, 0.29) is 17.9 Å². The zero-order valence-corrected chi connectivity index (χ0v) is 13.4. The molecule has 23 heavy (non-hydrogen) atoms. The molecule has 2 heterocycles. The summed E-state index contributed by atoms with van der Waals surface area (Å²) in [7, 11) is 0. The molecule has 1 aliphatic heterocycles. The molecule has 1 aromatic carbocycles. The molecule has 1 aliphatic rings. The first-order valence-corrected chi connectivity index (χ1v) is 7.80. The van der Waals surface area contributed by atoms with Crippen molar-refractivity contribution >= 4 is 28.6 Å². The third-order valence-electron chi connectivity index (χ3n) is 4.54. The fourth-order valence-electron chi connectivity index (χ4n) is 3.02. The van der Waals surface area contributed by atoms with Crippen LogP contribution in [-0.4, -0.2) is 29.9 Å². The van der Waals surface area contributed by atoms with Gasteiger partial charge in [-0.25, -0.2) is 4.79 Å². The maximum atomic E-state index is 12.4. The number of urea groups is 1. The third-order valence-corrected chi connectivity index (χ3v) is 4.54. The number of carbonyl (C=O) groups is 2. The van der Waals surface area contributed by atoms with Crippen LogP contribution in [0.2, 0.25) is 0 Å². The van der Waals surface area contributed by atoms with Crippen molar-refractivity contribution in [2.45, 2.75) is 26.7 Å². The maximum Gasteiger partial charge on any atom is 0.321 e. The number of hydrogen-bond acceptors (Lipinski definition) is 3. The predicted molar refractivity (Wildman–Crippen MR) is 88.2 cm³/mol. The van der Waals surface area contributed by atoms with E-state index in [2.05, 4.69) is 5.32 Å². The number of likely N-dealkylation sites (tertiary alicyclic amines) is 1. The molecule has 0 aliphatic carbocycles. The lowest BCUT2D eigenvalue weighted by Gasteiger charge is -2.31. The van der Waals surface area contributed by atoms with Crippen LogP contribution >= 0.6 is 0 Å². The summed E-state index contributed by atoms with van der Waals surface area (Å²) in [6, 6.07) is 5.38. The number of primary amides is 1. The fourth-order valence-corrected chi connectivity index (χ4v) is 3.02. The minimum absolute atomic E-state index is 0.201. The van der Waals surface area contributed by atoms with Gasteiger partial charge in [-0.05, 0) is 50.5 Å². The van der Waals surface area contributed by atoms with E-state index in [0.717, 1.165) is 35.1 Å². The van der Waals surface area contributed by atoms with Crippen LogP contribution in [-0.2, 0) is 4.79 Å². The van der Waals surface area contributed by atoms with Crippen molar-refractivity contribution in [3.05, 3.63) is 29.5 Å². The largest absolute Gasteiger partial charge is 0.461 e. The van der Waals surface area contributed by atoms with E-state index in [9.17, 15) is 9.59 Å². The molecule has 1 atom stereocenters. The highest BCUT2D eigenvalue weighted by Gasteiger charge is 2.27. The van der Waals surface area contributed by atoms with Crippen LogP contribution < -0.4 is 11.1 Å². The molecule has 1 unspecified atom stereocenters. The van der Waals surface area contributed by atoms with Crippen LogP contribution in [0.5, 0.6) is 0 Å². The zero-order valence-electron chi connectivity index (χ0n) is 13.4. The number of carbonyl (C=O) groups excluding carboxylic acids is 2. The third kappa shape index (κ3) is 3.02. The Morgan fingerprint density at radius 3 is 2.87 bits per heavy atom. The number of fused-ring (bicyclic) bond motifs is 1. The standard InChI is InChI=1S/C17H21N3O3/c1-10-11(2)23-15-6-5-13(8-14(10)15)19-17(22)20-7-3-4-12(9-20)16(18)21/h5-6,8,12H,3-4,7,9H2,1-2H3,(H2,18,21)(H,19,22). The Bertz CT molecular complexity index is 766. The molecule has 0 saturated carbocycles. The number of amides is 3. The van der Waals surface area contributed by atoms with Gasteiger partial charge in [0, 0.05) is 24.2 Å². The molecule has 3 rings (SSSR count). The van der Waals surface area contributed by atoms with Gasteiger partial charge in [0.1, 0.15) is 11.3 Å². The van der Waals surface area contributed by atoms with Crippen molar-refractivity contribution in [1.29, 1.82) is 0 Å². The summed E-state index contributed by atoms with van der Waals surface area (Å²) < 4.78 is 5.64. The normalized spacial score (nSPS) is 18.2. The minimum atomic E-state index is -0.339. The topological polar surface area (TPSA) is 88.6 Å². The van der Waals surface area contributed by atoms with Crippen LogP contribution in [0.25, 0.3) is 11.0 Å². The number of aryl methyl sites for hydroxylation is 2. The number of rotatable bonds is 2. The van der Waals surface area contributed by atoms with Gasteiger partial charge in [-0.15, -0.1) is 0 Å². The molecule has 6 nitrogen and oxygen atoms in total. The van der Waals surface area contributed by atoms with E-state index < -0.39 is 0 Å². The van der Waals surface area contributed by atoms with E-state index in [4.69, 9.17) is 10.2 Å². The van der Waals surface area contributed by atoms with E-state index >= 15 is 0 Å². The quantitative estimate of drug-likeness (QED) is 0.893. The highest BCUT2D eigenvalue weighted by atomic mass is 16.3. The molecule has 122 valence electrons. The second-order valence-corrected chi connectivity index (χ2v) is 6.11. The first-order valence-electron chi connectivity index (χ1n) is 7.80. The average Bonchev–Trinajstić information content (AvgIpc) is 2.82.